The summed E-state index contributed by atoms with van der Waals surface area (Å²) in [6.45, 7) is 3.01. The SMILES string of the molecule is CCC(C(=O)O)n1c(C)c(C#N)c(=O)n(C)c1=O. The zero-order valence-corrected chi connectivity index (χ0v) is 10.3. The predicted octanol–water partition coefficient (Wildman–Crippen LogP) is -0.237. The number of carbonyl (C=O) groups is 1. The monoisotopic (exact) mass is 251 g/mol. The first-order valence-electron chi connectivity index (χ1n) is 5.31. The van der Waals surface area contributed by atoms with Gasteiger partial charge in [0.25, 0.3) is 5.56 Å². The molecule has 1 atom stereocenters. The van der Waals surface area contributed by atoms with Crippen LogP contribution >= 0.6 is 0 Å². The Kier molecular flexibility index (Phi) is 3.71. The van der Waals surface area contributed by atoms with E-state index >= 15 is 0 Å². The van der Waals surface area contributed by atoms with Gasteiger partial charge in [-0.3, -0.25) is 13.9 Å². The summed E-state index contributed by atoms with van der Waals surface area (Å²) in [6.07, 6.45) is 0.180. The quantitative estimate of drug-likeness (QED) is 0.798. The highest BCUT2D eigenvalue weighted by atomic mass is 16.4. The summed E-state index contributed by atoms with van der Waals surface area (Å²) in [5.41, 5.74) is -1.57. The Labute approximate surface area is 103 Å². The van der Waals surface area contributed by atoms with Crippen LogP contribution in [0.3, 0.4) is 0 Å². The fourth-order valence-electron chi connectivity index (χ4n) is 1.80. The molecule has 7 heteroatoms. The molecule has 1 N–H and O–H groups in total. The Balaban J connectivity index is 3.82. The molecule has 0 aromatic carbocycles. The molecule has 96 valence electrons. The minimum Gasteiger partial charge on any atom is -0.480 e. The van der Waals surface area contributed by atoms with Gasteiger partial charge in [0.1, 0.15) is 17.7 Å². The molecular formula is C11H13N3O4. The number of carboxylic acid groups (broad SMARTS) is 1. The molecule has 0 aliphatic carbocycles. The average Bonchev–Trinajstić information content (AvgIpc) is 2.32. The zero-order valence-electron chi connectivity index (χ0n) is 10.3. The first-order valence-corrected chi connectivity index (χ1v) is 5.31. The Morgan fingerprint density at radius 1 is 1.50 bits per heavy atom. The maximum Gasteiger partial charge on any atom is 0.331 e. The molecule has 0 aliphatic heterocycles. The molecule has 1 rings (SSSR count). The molecule has 0 bridgehead atoms. The number of carboxylic acids is 1. The summed E-state index contributed by atoms with van der Waals surface area (Å²) in [5.74, 6) is -1.18. The van der Waals surface area contributed by atoms with Gasteiger partial charge in [-0.1, -0.05) is 6.92 Å². The first-order chi connectivity index (χ1) is 8.36. The van der Waals surface area contributed by atoms with Crippen molar-refractivity contribution in [1.82, 2.24) is 9.13 Å². The number of rotatable bonds is 3. The molecule has 0 saturated heterocycles. The second kappa shape index (κ2) is 4.87. The van der Waals surface area contributed by atoms with Crippen molar-refractivity contribution < 1.29 is 9.90 Å². The zero-order chi connectivity index (χ0) is 14.0. The number of aromatic nitrogens is 2. The maximum atomic E-state index is 11.9. The van der Waals surface area contributed by atoms with Crippen LogP contribution in [0.2, 0.25) is 0 Å². The van der Waals surface area contributed by atoms with E-state index in [4.69, 9.17) is 10.4 Å². The van der Waals surface area contributed by atoms with E-state index in [0.29, 0.717) is 0 Å². The van der Waals surface area contributed by atoms with E-state index in [1.165, 1.54) is 14.0 Å². The van der Waals surface area contributed by atoms with E-state index in [0.717, 1.165) is 9.13 Å². The highest BCUT2D eigenvalue weighted by Crippen LogP contribution is 2.12. The van der Waals surface area contributed by atoms with Gasteiger partial charge in [0.15, 0.2) is 0 Å². The van der Waals surface area contributed by atoms with Crippen molar-refractivity contribution >= 4 is 5.97 Å². The van der Waals surface area contributed by atoms with Gasteiger partial charge in [-0.15, -0.1) is 0 Å². The molecule has 1 aromatic rings. The lowest BCUT2D eigenvalue weighted by Gasteiger charge is -2.18. The molecule has 7 nitrogen and oxygen atoms in total. The van der Waals surface area contributed by atoms with Crippen molar-refractivity contribution in [2.45, 2.75) is 26.3 Å². The lowest BCUT2D eigenvalue weighted by atomic mass is 10.2. The second-order valence-corrected chi connectivity index (χ2v) is 3.85. The van der Waals surface area contributed by atoms with Crippen LogP contribution in [0.1, 0.15) is 30.6 Å². The summed E-state index contributed by atoms with van der Waals surface area (Å²) < 4.78 is 1.72. The summed E-state index contributed by atoms with van der Waals surface area (Å²) in [6, 6.07) is 0.617. The molecule has 0 fully saturated rings. The minimum atomic E-state index is -1.18. The standard InChI is InChI=1S/C11H13N3O4/c1-4-8(10(16)17)14-6(2)7(5-12)9(15)13(3)11(14)18/h8H,4H2,1-3H3,(H,16,17). The van der Waals surface area contributed by atoms with Crippen LogP contribution in [0, 0.1) is 18.3 Å². The number of hydrogen-bond donors (Lipinski definition) is 1. The van der Waals surface area contributed by atoms with Crippen LogP contribution in [0.4, 0.5) is 0 Å². The van der Waals surface area contributed by atoms with Crippen molar-refractivity contribution in [2.75, 3.05) is 0 Å². The molecule has 1 aromatic heterocycles. The fraction of sp³-hybridized carbons (Fsp3) is 0.455. The fourth-order valence-corrected chi connectivity index (χ4v) is 1.80. The normalized spacial score (nSPS) is 11.9. The Bertz CT molecular complexity index is 648. The number of nitriles is 1. The van der Waals surface area contributed by atoms with Crippen LogP contribution in [0.5, 0.6) is 0 Å². The third kappa shape index (κ3) is 1.93. The highest BCUT2D eigenvalue weighted by Gasteiger charge is 2.24. The Hall–Kier alpha value is -2.36. The van der Waals surface area contributed by atoms with Gasteiger partial charge in [-0.2, -0.15) is 5.26 Å². The number of hydrogen-bond acceptors (Lipinski definition) is 4. The maximum absolute atomic E-state index is 11.9. The molecule has 0 amide bonds. The highest BCUT2D eigenvalue weighted by molar-refractivity contribution is 5.72. The molecule has 0 radical (unpaired) electrons. The number of nitrogens with zero attached hydrogens (tertiary/aromatic N) is 3. The summed E-state index contributed by atoms with van der Waals surface area (Å²) in [5, 5.41) is 18.0. The molecule has 0 aliphatic rings. The van der Waals surface area contributed by atoms with Crippen LogP contribution in [-0.2, 0) is 11.8 Å². The van der Waals surface area contributed by atoms with E-state index in [1.54, 1.807) is 13.0 Å². The topological polar surface area (TPSA) is 105 Å². The van der Waals surface area contributed by atoms with Gasteiger partial charge >= 0.3 is 11.7 Å². The summed E-state index contributed by atoms with van der Waals surface area (Å²) in [4.78, 5) is 34.7. The van der Waals surface area contributed by atoms with Gasteiger partial charge in [-0.25, -0.2) is 9.59 Å². The van der Waals surface area contributed by atoms with E-state index < -0.39 is 23.3 Å². The van der Waals surface area contributed by atoms with Crippen molar-refractivity contribution in [2.24, 2.45) is 7.05 Å². The molecule has 0 saturated carbocycles. The molecule has 1 heterocycles. The third-order valence-corrected chi connectivity index (χ3v) is 2.83. The van der Waals surface area contributed by atoms with E-state index in [2.05, 4.69) is 0 Å². The van der Waals surface area contributed by atoms with Crippen molar-refractivity contribution in [3.05, 3.63) is 32.1 Å². The van der Waals surface area contributed by atoms with E-state index in [9.17, 15) is 14.4 Å². The minimum absolute atomic E-state index is 0.0832. The predicted molar refractivity (Wildman–Crippen MR) is 62.4 cm³/mol. The van der Waals surface area contributed by atoms with E-state index in [1.807, 2.05) is 0 Å². The van der Waals surface area contributed by atoms with E-state index in [-0.39, 0.29) is 17.7 Å². The van der Waals surface area contributed by atoms with Crippen molar-refractivity contribution in [3.63, 3.8) is 0 Å². The van der Waals surface area contributed by atoms with Crippen LogP contribution in [-0.4, -0.2) is 20.2 Å². The smallest absolute Gasteiger partial charge is 0.331 e. The van der Waals surface area contributed by atoms with Gasteiger partial charge < -0.3 is 5.11 Å². The lowest BCUT2D eigenvalue weighted by molar-refractivity contribution is -0.141. The summed E-state index contributed by atoms with van der Waals surface area (Å²) >= 11 is 0. The largest absolute Gasteiger partial charge is 0.480 e. The van der Waals surface area contributed by atoms with Gasteiger partial charge in [-0.05, 0) is 13.3 Å². The van der Waals surface area contributed by atoms with Crippen LogP contribution in [0.25, 0.3) is 0 Å². The van der Waals surface area contributed by atoms with Gasteiger partial charge in [0.05, 0.1) is 0 Å². The lowest BCUT2D eigenvalue weighted by Crippen LogP contribution is -2.43. The molecular weight excluding hydrogens is 238 g/mol. The first kappa shape index (κ1) is 13.7. The van der Waals surface area contributed by atoms with Crippen LogP contribution < -0.4 is 11.2 Å². The van der Waals surface area contributed by atoms with Crippen molar-refractivity contribution in [3.8, 4) is 6.07 Å². The number of aliphatic carboxylic acids is 1. The van der Waals surface area contributed by atoms with Crippen molar-refractivity contribution in [1.29, 1.82) is 5.26 Å². The molecule has 1 unspecified atom stereocenters. The average molecular weight is 251 g/mol. The summed E-state index contributed by atoms with van der Waals surface area (Å²) in [7, 11) is 1.22. The third-order valence-electron chi connectivity index (χ3n) is 2.83. The molecule has 18 heavy (non-hydrogen) atoms. The second-order valence-electron chi connectivity index (χ2n) is 3.85. The van der Waals surface area contributed by atoms with Gasteiger partial charge in [0.2, 0.25) is 0 Å². The molecule has 0 spiro atoms. The van der Waals surface area contributed by atoms with Gasteiger partial charge in [0, 0.05) is 12.7 Å². The Morgan fingerprint density at radius 3 is 2.44 bits per heavy atom. The van der Waals surface area contributed by atoms with Crippen LogP contribution in [0.15, 0.2) is 9.59 Å². The Morgan fingerprint density at radius 2 is 2.06 bits per heavy atom.